The average molecular weight is 468 g/mol. The van der Waals surface area contributed by atoms with Gasteiger partial charge >= 0.3 is 0 Å². The van der Waals surface area contributed by atoms with Crippen LogP contribution in [0.3, 0.4) is 0 Å². The molecule has 0 spiro atoms. The summed E-state index contributed by atoms with van der Waals surface area (Å²) in [4.78, 5) is 7.15. The number of methoxy groups -OCH3 is 1. The number of aromatic nitrogens is 1. The topological polar surface area (TPSA) is 67.6 Å². The highest BCUT2D eigenvalue weighted by Crippen LogP contribution is 2.32. The Hall–Kier alpha value is -2.85. The summed E-state index contributed by atoms with van der Waals surface area (Å²) >= 11 is 0. The molecule has 1 aromatic heterocycles. The molecule has 4 rings (SSSR count). The van der Waals surface area contributed by atoms with E-state index in [0.717, 1.165) is 67.1 Å². The molecule has 1 fully saturated rings. The maximum atomic E-state index is 8.93. The first-order valence-electron chi connectivity index (χ1n) is 11.0. The monoisotopic (exact) mass is 467 g/mol. The lowest BCUT2D eigenvalue weighted by molar-refractivity contribution is 0.0523. The second-order valence-electron chi connectivity index (χ2n) is 8.13. The van der Waals surface area contributed by atoms with Crippen LogP contribution in [0.1, 0.15) is 29.7 Å². The van der Waals surface area contributed by atoms with E-state index in [9.17, 15) is 0 Å². The fourth-order valence-electron chi connectivity index (χ4n) is 4.05. The molecule has 1 saturated heterocycles. The van der Waals surface area contributed by atoms with E-state index >= 15 is 0 Å². The Bertz CT molecular complexity index is 1100. The fourth-order valence-corrected chi connectivity index (χ4v) is 4.05. The van der Waals surface area contributed by atoms with Crippen LogP contribution >= 0.6 is 12.4 Å². The van der Waals surface area contributed by atoms with Crippen molar-refractivity contribution in [3.05, 3.63) is 65.4 Å². The molecule has 1 atom stereocenters. The number of ether oxygens (including phenoxy) is 3. The number of benzene rings is 2. The molecule has 0 unspecified atom stereocenters. The minimum atomic E-state index is 0. The minimum absolute atomic E-state index is 0. The van der Waals surface area contributed by atoms with Gasteiger partial charge in [0.15, 0.2) is 0 Å². The van der Waals surface area contributed by atoms with Gasteiger partial charge < -0.3 is 19.1 Å². The first-order valence-corrected chi connectivity index (χ1v) is 11.0. The normalized spacial score (nSPS) is 15.3. The van der Waals surface area contributed by atoms with Crippen molar-refractivity contribution >= 4 is 29.0 Å². The first-order chi connectivity index (χ1) is 15.7. The highest BCUT2D eigenvalue weighted by Gasteiger charge is 2.25. The van der Waals surface area contributed by atoms with Crippen LogP contribution in [-0.4, -0.2) is 44.5 Å². The lowest BCUT2D eigenvalue weighted by Crippen LogP contribution is -2.23. The van der Waals surface area contributed by atoms with Crippen LogP contribution in [0.5, 0.6) is 5.75 Å². The molecule has 7 heteroatoms. The predicted molar refractivity (Wildman–Crippen MR) is 132 cm³/mol. The molecular formula is C26H30ClN3O3. The van der Waals surface area contributed by atoms with Gasteiger partial charge in [-0.2, -0.15) is 5.26 Å². The lowest BCUT2D eigenvalue weighted by Gasteiger charge is -2.21. The predicted octanol–water partition coefficient (Wildman–Crippen LogP) is 5.05. The van der Waals surface area contributed by atoms with Crippen molar-refractivity contribution in [2.24, 2.45) is 0 Å². The van der Waals surface area contributed by atoms with E-state index in [1.807, 2.05) is 31.2 Å². The standard InChI is InChI=1S/C26H29N3O3.ClH/c1-19-14-26(29-11-10-23(17-29)31-13-3-12-30-2)24-9-8-22(15-25(24)28-19)32-18-21-6-4-20(16-27)5-7-21;/h4-9,14-15,23H,3,10-13,17-18H2,1-2H3;1H/t23-;/m0./s1. The van der Waals surface area contributed by atoms with Gasteiger partial charge in [0.1, 0.15) is 12.4 Å². The summed E-state index contributed by atoms with van der Waals surface area (Å²) in [5.74, 6) is 0.784. The second-order valence-corrected chi connectivity index (χ2v) is 8.13. The van der Waals surface area contributed by atoms with E-state index in [2.05, 4.69) is 23.1 Å². The minimum Gasteiger partial charge on any atom is -0.489 e. The van der Waals surface area contributed by atoms with Gasteiger partial charge in [0.2, 0.25) is 0 Å². The molecule has 2 heterocycles. The van der Waals surface area contributed by atoms with Gasteiger partial charge in [-0.1, -0.05) is 12.1 Å². The molecule has 0 aliphatic carbocycles. The molecule has 1 aliphatic rings. The third-order valence-electron chi connectivity index (χ3n) is 5.71. The number of aryl methyl sites for hydroxylation is 1. The van der Waals surface area contributed by atoms with Crippen LogP contribution in [0.4, 0.5) is 5.69 Å². The summed E-state index contributed by atoms with van der Waals surface area (Å²) in [6.45, 7) is 5.82. The van der Waals surface area contributed by atoms with Gasteiger partial charge in [-0.15, -0.1) is 12.4 Å². The van der Waals surface area contributed by atoms with E-state index in [4.69, 9.17) is 24.5 Å². The van der Waals surface area contributed by atoms with Gasteiger partial charge in [-0.05, 0) is 55.7 Å². The SMILES string of the molecule is COCCCO[C@H]1CCN(c2cc(C)nc3cc(OCc4ccc(C#N)cc4)ccc23)C1.Cl. The Morgan fingerprint density at radius 1 is 1.12 bits per heavy atom. The Labute approximate surface area is 201 Å². The number of pyridine rings is 1. The number of hydrogen-bond donors (Lipinski definition) is 0. The number of fused-ring (bicyclic) bond motifs is 1. The third-order valence-corrected chi connectivity index (χ3v) is 5.71. The molecule has 0 amide bonds. The summed E-state index contributed by atoms with van der Waals surface area (Å²) in [6, 6.07) is 17.8. The van der Waals surface area contributed by atoms with E-state index in [1.54, 1.807) is 19.2 Å². The molecule has 33 heavy (non-hydrogen) atoms. The number of nitriles is 1. The zero-order valence-electron chi connectivity index (χ0n) is 19.1. The summed E-state index contributed by atoms with van der Waals surface area (Å²) < 4.78 is 17.1. The van der Waals surface area contributed by atoms with Crippen molar-refractivity contribution in [2.45, 2.75) is 32.5 Å². The molecule has 6 nitrogen and oxygen atoms in total. The third kappa shape index (κ3) is 6.35. The maximum absolute atomic E-state index is 8.93. The Balaban J connectivity index is 0.00000306. The number of rotatable bonds is 9. The quantitative estimate of drug-likeness (QED) is 0.410. The van der Waals surface area contributed by atoms with E-state index in [1.165, 1.54) is 5.69 Å². The lowest BCUT2D eigenvalue weighted by atomic mass is 10.1. The molecule has 0 N–H and O–H groups in total. The Kier molecular flexibility index (Phi) is 8.90. The molecule has 3 aromatic rings. The molecule has 2 aromatic carbocycles. The first kappa shape index (κ1) is 24.8. The number of hydrogen-bond acceptors (Lipinski definition) is 6. The van der Waals surface area contributed by atoms with Crippen LogP contribution < -0.4 is 9.64 Å². The fraction of sp³-hybridized carbons (Fsp3) is 0.385. The maximum Gasteiger partial charge on any atom is 0.122 e. The Morgan fingerprint density at radius 2 is 1.94 bits per heavy atom. The zero-order valence-corrected chi connectivity index (χ0v) is 19.9. The van der Waals surface area contributed by atoms with Gasteiger partial charge in [-0.3, -0.25) is 4.98 Å². The van der Waals surface area contributed by atoms with E-state index in [-0.39, 0.29) is 18.5 Å². The van der Waals surface area contributed by atoms with Crippen LogP contribution in [0.15, 0.2) is 48.5 Å². The van der Waals surface area contributed by atoms with Crippen molar-refractivity contribution in [3.8, 4) is 11.8 Å². The molecule has 0 radical (unpaired) electrons. The van der Waals surface area contributed by atoms with E-state index < -0.39 is 0 Å². The van der Waals surface area contributed by atoms with Crippen molar-refractivity contribution < 1.29 is 14.2 Å². The van der Waals surface area contributed by atoms with Gasteiger partial charge in [0, 0.05) is 56.2 Å². The van der Waals surface area contributed by atoms with E-state index in [0.29, 0.717) is 12.2 Å². The van der Waals surface area contributed by atoms with Crippen molar-refractivity contribution in [1.82, 2.24) is 4.98 Å². The van der Waals surface area contributed by atoms with Crippen LogP contribution in [0.2, 0.25) is 0 Å². The molecule has 0 bridgehead atoms. The van der Waals surface area contributed by atoms with Gasteiger partial charge in [-0.25, -0.2) is 0 Å². The summed E-state index contributed by atoms with van der Waals surface area (Å²) in [6.07, 6.45) is 2.21. The Morgan fingerprint density at radius 3 is 2.70 bits per heavy atom. The molecule has 174 valence electrons. The highest BCUT2D eigenvalue weighted by atomic mass is 35.5. The number of nitrogens with zero attached hydrogens (tertiary/aromatic N) is 3. The van der Waals surface area contributed by atoms with Crippen molar-refractivity contribution in [3.63, 3.8) is 0 Å². The molecule has 0 saturated carbocycles. The van der Waals surface area contributed by atoms with Gasteiger partial charge in [0.25, 0.3) is 0 Å². The van der Waals surface area contributed by atoms with Crippen molar-refractivity contribution in [1.29, 1.82) is 5.26 Å². The highest BCUT2D eigenvalue weighted by molar-refractivity contribution is 5.93. The zero-order chi connectivity index (χ0) is 22.3. The van der Waals surface area contributed by atoms with Crippen LogP contribution in [0, 0.1) is 18.3 Å². The number of halogens is 1. The summed E-state index contributed by atoms with van der Waals surface area (Å²) in [7, 11) is 1.72. The summed E-state index contributed by atoms with van der Waals surface area (Å²) in [5, 5.41) is 10.1. The average Bonchev–Trinajstić information content (AvgIpc) is 3.29. The number of anilines is 1. The largest absolute Gasteiger partial charge is 0.489 e. The van der Waals surface area contributed by atoms with Crippen molar-refractivity contribution in [2.75, 3.05) is 38.3 Å². The van der Waals surface area contributed by atoms with Crippen LogP contribution in [0.25, 0.3) is 10.9 Å². The second kappa shape index (κ2) is 11.9. The molecular weight excluding hydrogens is 438 g/mol. The van der Waals surface area contributed by atoms with Crippen LogP contribution in [-0.2, 0) is 16.1 Å². The summed E-state index contributed by atoms with van der Waals surface area (Å²) in [5.41, 5.74) is 4.80. The smallest absolute Gasteiger partial charge is 0.122 e. The molecule has 1 aliphatic heterocycles. The van der Waals surface area contributed by atoms with Gasteiger partial charge in [0.05, 0.1) is 23.3 Å².